The SMILES string of the molecule is Cc1nn(Cc2ccccc2Cl)c(Cl)c1C(=O)Nc1nnc(SCc2cccs2)s1. The summed E-state index contributed by atoms with van der Waals surface area (Å²) in [6, 6.07) is 11.5. The van der Waals surface area contributed by atoms with Crippen LogP contribution < -0.4 is 5.32 Å². The highest BCUT2D eigenvalue weighted by molar-refractivity contribution is 8.00. The molecule has 0 saturated carbocycles. The Morgan fingerprint density at radius 1 is 1.20 bits per heavy atom. The van der Waals surface area contributed by atoms with E-state index in [0.717, 1.165) is 15.7 Å². The molecule has 0 aliphatic carbocycles. The molecule has 0 atom stereocenters. The van der Waals surface area contributed by atoms with Crippen molar-refractivity contribution in [3.8, 4) is 0 Å². The Balaban J connectivity index is 1.45. The van der Waals surface area contributed by atoms with E-state index in [9.17, 15) is 4.79 Å². The number of aryl methyl sites for hydroxylation is 1. The van der Waals surface area contributed by atoms with E-state index < -0.39 is 0 Å². The number of nitrogens with zero attached hydrogens (tertiary/aromatic N) is 4. The van der Waals surface area contributed by atoms with Gasteiger partial charge in [-0.05, 0) is 30.0 Å². The average molecular weight is 496 g/mol. The van der Waals surface area contributed by atoms with Crippen LogP contribution >= 0.6 is 57.6 Å². The second-order valence-corrected chi connectivity index (χ2v) is 10.2. The number of hydrogen-bond acceptors (Lipinski definition) is 7. The summed E-state index contributed by atoms with van der Waals surface area (Å²) in [5, 5.41) is 18.7. The molecule has 0 bridgehead atoms. The van der Waals surface area contributed by atoms with Gasteiger partial charge in [-0.25, -0.2) is 4.68 Å². The number of anilines is 1. The van der Waals surface area contributed by atoms with Gasteiger partial charge in [0, 0.05) is 15.7 Å². The number of carbonyl (C=O) groups is 1. The minimum Gasteiger partial charge on any atom is -0.296 e. The molecule has 154 valence electrons. The summed E-state index contributed by atoms with van der Waals surface area (Å²) in [7, 11) is 0. The van der Waals surface area contributed by atoms with Crippen molar-refractivity contribution in [1.29, 1.82) is 0 Å². The zero-order valence-electron chi connectivity index (χ0n) is 15.6. The second-order valence-electron chi connectivity index (χ2n) is 6.20. The zero-order chi connectivity index (χ0) is 21.1. The van der Waals surface area contributed by atoms with Crippen LogP contribution in [0.25, 0.3) is 0 Å². The third-order valence-corrected chi connectivity index (χ3v) is 7.95. The third-order valence-electron chi connectivity index (χ3n) is 4.12. The van der Waals surface area contributed by atoms with Gasteiger partial charge in [0.05, 0.1) is 17.8 Å². The first-order valence-electron chi connectivity index (χ1n) is 8.77. The number of hydrogen-bond donors (Lipinski definition) is 1. The summed E-state index contributed by atoms with van der Waals surface area (Å²) in [6.07, 6.45) is 0. The van der Waals surface area contributed by atoms with Gasteiger partial charge in [0.2, 0.25) is 5.13 Å². The molecule has 4 rings (SSSR count). The van der Waals surface area contributed by atoms with Crippen LogP contribution in [0.5, 0.6) is 0 Å². The van der Waals surface area contributed by atoms with Gasteiger partial charge in [-0.3, -0.25) is 10.1 Å². The predicted molar refractivity (Wildman–Crippen MR) is 124 cm³/mol. The maximum atomic E-state index is 12.8. The van der Waals surface area contributed by atoms with Gasteiger partial charge in [-0.15, -0.1) is 21.5 Å². The number of thiophene rings is 1. The number of thioether (sulfide) groups is 1. The standard InChI is InChI=1S/C19H15Cl2N5OS3/c1-11-15(16(21)26(25-11)9-12-5-2-3-7-14(12)20)17(27)22-18-23-24-19(30-18)29-10-13-6-4-8-28-13/h2-8H,9-10H2,1H3,(H,22,23,27). The van der Waals surface area contributed by atoms with Crippen molar-refractivity contribution in [3.05, 3.63) is 73.7 Å². The monoisotopic (exact) mass is 495 g/mol. The first kappa shape index (κ1) is 21.3. The van der Waals surface area contributed by atoms with E-state index >= 15 is 0 Å². The second kappa shape index (κ2) is 9.49. The number of halogens is 2. The summed E-state index contributed by atoms with van der Waals surface area (Å²) in [5.41, 5.74) is 1.71. The van der Waals surface area contributed by atoms with Crippen molar-refractivity contribution >= 4 is 68.7 Å². The lowest BCUT2D eigenvalue weighted by atomic mass is 10.2. The quantitative estimate of drug-likeness (QED) is 0.251. The van der Waals surface area contributed by atoms with Crippen LogP contribution in [-0.2, 0) is 12.3 Å². The molecule has 1 N–H and O–H groups in total. The molecule has 3 heterocycles. The van der Waals surface area contributed by atoms with E-state index in [-0.39, 0.29) is 11.1 Å². The van der Waals surface area contributed by atoms with Crippen LogP contribution in [0.15, 0.2) is 46.1 Å². The third kappa shape index (κ3) is 4.87. The van der Waals surface area contributed by atoms with Gasteiger partial charge >= 0.3 is 0 Å². The maximum absolute atomic E-state index is 12.8. The van der Waals surface area contributed by atoms with Crippen molar-refractivity contribution in [3.63, 3.8) is 0 Å². The molecule has 0 spiro atoms. The summed E-state index contributed by atoms with van der Waals surface area (Å²) in [5.74, 6) is 0.453. The largest absolute Gasteiger partial charge is 0.296 e. The molecule has 30 heavy (non-hydrogen) atoms. The molecule has 6 nitrogen and oxygen atoms in total. The van der Waals surface area contributed by atoms with Crippen molar-refractivity contribution < 1.29 is 4.79 Å². The molecule has 11 heteroatoms. The normalized spacial score (nSPS) is 11.0. The van der Waals surface area contributed by atoms with E-state index in [1.165, 1.54) is 16.2 Å². The molecule has 0 saturated heterocycles. The summed E-state index contributed by atoms with van der Waals surface area (Å²) < 4.78 is 2.35. The van der Waals surface area contributed by atoms with Crippen LogP contribution in [0.1, 0.15) is 26.5 Å². The fourth-order valence-corrected chi connectivity index (χ4v) is 5.75. The molecule has 0 unspecified atom stereocenters. The van der Waals surface area contributed by atoms with Crippen molar-refractivity contribution in [2.45, 2.75) is 23.6 Å². The smallest absolute Gasteiger partial charge is 0.262 e. The number of nitrogens with one attached hydrogen (secondary N) is 1. The van der Waals surface area contributed by atoms with Crippen molar-refractivity contribution in [2.24, 2.45) is 0 Å². The lowest BCUT2D eigenvalue weighted by molar-refractivity contribution is 0.102. The molecule has 1 amide bonds. The number of benzene rings is 1. The van der Waals surface area contributed by atoms with E-state index in [1.807, 2.05) is 29.6 Å². The molecule has 4 aromatic rings. The number of aromatic nitrogens is 4. The van der Waals surface area contributed by atoms with Gasteiger partial charge in [-0.2, -0.15) is 5.10 Å². The minimum atomic E-state index is -0.367. The number of rotatable bonds is 7. The van der Waals surface area contributed by atoms with Crippen LogP contribution in [0.4, 0.5) is 5.13 Å². The highest BCUT2D eigenvalue weighted by Gasteiger charge is 2.22. The topological polar surface area (TPSA) is 72.7 Å². The van der Waals surface area contributed by atoms with Crippen LogP contribution in [0.2, 0.25) is 10.2 Å². The predicted octanol–water partition coefficient (Wildman–Crippen LogP) is 6.00. The summed E-state index contributed by atoms with van der Waals surface area (Å²) in [4.78, 5) is 14.1. The lowest BCUT2D eigenvalue weighted by Crippen LogP contribution is -2.13. The molecule has 0 radical (unpaired) electrons. The van der Waals surface area contributed by atoms with Gasteiger partial charge in [0.15, 0.2) is 4.34 Å². The lowest BCUT2D eigenvalue weighted by Gasteiger charge is -2.06. The first-order valence-corrected chi connectivity index (χ1v) is 12.2. The Morgan fingerprint density at radius 3 is 2.80 bits per heavy atom. The van der Waals surface area contributed by atoms with Gasteiger partial charge < -0.3 is 0 Å². The molecular formula is C19H15Cl2N5OS3. The Morgan fingerprint density at radius 2 is 2.03 bits per heavy atom. The molecule has 3 aromatic heterocycles. The van der Waals surface area contributed by atoms with Crippen molar-refractivity contribution in [2.75, 3.05) is 5.32 Å². The summed E-state index contributed by atoms with van der Waals surface area (Å²) in [6.45, 7) is 2.11. The van der Waals surface area contributed by atoms with E-state index in [1.54, 1.807) is 40.8 Å². The Hall–Kier alpha value is -1.91. The molecule has 0 aliphatic heterocycles. The highest BCUT2D eigenvalue weighted by Crippen LogP contribution is 2.30. The fourth-order valence-electron chi connectivity index (χ4n) is 2.71. The van der Waals surface area contributed by atoms with E-state index in [4.69, 9.17) is 23.2 Å². The van der Waals surface area contributed by atoms with Crippen LogP contribution in [0.3, 0.4) is 0 Å². The molecule has 1 aromatic carbocycles. The van der Waals surface area contributed by atoms with Crippen LogP contribution in [0, 0.1) is 6.92 Å². The average Bonchev–Trinajstić information content (AvgIpc) is 3.44. The summed E-state index contributed by atoms with van der Waals surface area (Å²) >= 11 is 17.3. The van der Waals surface area contributed by atoms with E-state index in [2.05, 4.69) is 26.7 Å². The first-order chi connectivity index (χ1) is 14.5. The molecular weight excluding hydrogens is 481 g/mol. The fraction of sp³-hybridized carbons (Fsp3) is 0.158. The van der Waals surface area contributed by atoms with Gasteiger partial charge in [0.1, 0.15) is 5.15 Å². The highest BCUT2D eigenvalue weighted by atomic mass is 35.5. The molecule has 0 fully saturated rings. The zero-order valence-corrected chi connectivity index (χ0v) is 19.6. The van der Waals surface area contributed by atoms with Gasteiger partial charge in [0.25, 0.3) is 5.91 Å². The Kier molecular flexibility index (Phi) is 6.74. The number of carbonyl (C=O) groups excluding carboxylic acids is 1. The molecule has 0 aliphatic rings. The Labute approximate surface area is 195 Å². The number of amides is 1. The maximum Gasteiger partial charge on any atom is 0.262 e. The van der Waals surface area contributed by atoms with Gasteiger partial charge in [-0.1, -0.05) is 70.6 Å². The Bertz CT molecular complexity index is 1170. The van der Waals surface area contributed by atoms with Crippen LogP contribution in [-0.4, -0.2) is 25.9 Å². The minimum absolute atomic E-state index is 0.252. The van der Waals surface area contributed by atoms with Crippen molar-refractivity contribution in [1.82, 2.24) is 20.0 Å². The van der Waals surface area contributed by atoms with E-state index in [0.29, 0.717) is 28.0 Å².